The molecule has 0 aliphatic heterocycles. The number of hydrogen-bond acceptors (Lipinski definition) is 2. The Kier molecular flexibility index (Phi) is 8.57. The monoisotopic (exact) mass is 460 g/mol. The van der Waals surface area contributed by atoms with Gasteiger partial charge >= 0.3 is 6.03 Å². The van der Waals surface area contributed by atoms with Crippen LogP contribution in [0.1, 0.15) is 52.2 Å². The average molecular weight is 461 g/mol. The van der Waals surface area contributed by atoms with Crippen molar-refractivity contribution in [2.75, 3.05) is 13.2 Å². The van der Waals surface area contributed by atoms with Gasteiger partial charge in [-0.1, -0.05) is 57.2 Å². The largest absolute Gasteiger partial charge is 0.492 e. The molecule has 4 nitrogen and oxygen atoms in total. The summed E-state index contributed by atoms with van der Waals surface area (Å²) >= 11 is 3.60. The van der Waals surface area contributed by atoms with Crippen molar-refractivity contribution in [1.82, 2.24) is 10.2 Å². The summed E-state index contributed by atoms with van der Waals surface area (Å²) in [5.74, 6) is 0.831. The Morgan fingerprint density at radius 2 is 1.83 bits per heavy atom. The van der Waals surface area contributed by atoms with Gasteiger partial charge in [0.25, 0.3) is 0 Å². The second-order valence-electron chi connectivity index (χ2n) is 8.54. The summed E-state index contributed by atoms with van der Waals surface area (Å²) in [5, 5.41) is 3.01. The maximum atomic E-state index is 12.6. The lowest BCUT2D eigenvalue weighted by Crippen LogP contribution is -2.43. The van der Waals surface area contributed by atoms with Crippen molar-refractivity contribution in [1.29, 1.82) is 0 Å². The highest BCUT2D eigenvalue weighted by Gasteiger charge is 2.17. The van der Waals surface area contributed by atoms with E-state index in [4.69, 9.17) is 4.74 Å². The molecule has 0 bridgehead atoms. The van der Waals surface area contributed by atoms with Gasteiger partial charge in [-0.3, -0.25) is 0 Å². The summed E-state index contributed by atoms with van der Waals surface area (Å²) < 4.78 is 6.84. The van der Waals surface area contributed by atoms with E-state index >= 15 is 0 Å². The Hall–Kier alpha value is -2.01. The molecule has 1 N–H and O–H groups in total. The Balaban J connectivity index is 1.78. The molecule has 29 heavy (non-hydrogen) atoms. The summed E-state index contributed by atoms with van der Waals surface area (Å²) in [7, 11) is 0. The molecule has 2 rings (SSSR count). The van der Waals surface area contributed by atoms with E-state index in [0.29, 0.717) is 19.7 Å². The number of halogens is 1. The smallest absolute Gasteiger partial charge is 0.317 e. The standard InChI is InChI=1S/C24H33BrN2O2/c1-18(2)27(17-19-10-7-6-8-11-19)23(28)26-14-9-15-29-22-13-12-20(16-21(22)25)24(3,4)5/h6-8,10-13,16,18H,9,14-15,17H2,1-5H3,(H,26,28). The fourth-order valence-electron chi connectivity index (χ4n) is 2.90. The Labute approximate surface area is 183 Å². The molecule has 0 spiro atoms. The third-order valence-electron chi connectivity index (χ3n) is 4.73. The average Bonchev–Trinajstić information content (AvgIpc) is 2.66. The van der Waals surface area contributed by atoms with Crippen LogP contribution in [0.25, 0.3) is 0 Å². The molecule has 0 fully saturated rings. The topological polar surface area (TPSA) is 41.6 Å². The summed E-state index contributed by atoms with van der Waals surface area (Å²) in [5.41, 5.74) is 2.49. The summed E-state index contributed by atoms with van der Waals surface area (Å²) in [6.07, 6.45) is 0.747. The number of nitrogens with zero attached hydrogens (tertiary/aromatic N) is 1. The van der Waals surface area contributed by atoms with Crippen LogP contribution in [0.15, 0.2) is 53.0 Å². The van der Waals surface area contributed by atoms with E-state index < -0.39 is 0 Å². The van der Waals surface area contributed by atoms with Crippen molar-refractivity contribution in [3.8, 4) is 5.75 Å². The summed E-state index contributed by atoms with van der Waals surface area (Å²) in [6.45, 7) is 12.4. The van der Waals surface area contributed by atoms with Crippen LogP contribution in [0.4, 0.5) is 4.79 Å². The van der Waals surface area contributed by atoms with Crippen molar-refractivity contribution in [3.63, 3.8) is 0 Å². The number of ether oxygens (including phenoxy) is 1. The molecule has 0 unspecified atom stereocenters. The van der Waals surface area contributed by atoms with Gasteiger partial charge in [0.05, 0.1) is 11.1 Å². The zero-order valence-corrected chi connectivity index (χ0v) is 19.8. The lowest BCUT2D eigenvalue weighted by Gasteiger charge is -2.27. The number of amides is 2. The van der Waals surface area contributed by atoms with Gasteiger partial charge in [-0.15, -0.1) is 0 Å². The minimum atomic E-state index is -0.0421. The molecule has 0 aliphatic carbocycles. The fraction of sp³-hybridized carbons (Fsp3) is 0.458. The van der Waals surface area contributed by atoms with Crippen LogP contribution in [-0.2, 0) is 12.0 Å². The molecule has 0 heterocycles. The van der Waals surface area contributed by atoms with Crippen molar-refractivity contribution in [2.24, 2.45) is 0 Å². The minimum Gasteiger partial charge on any atom is -0.492 e. The SMILES string of the molecule is CC(C)N(Cc1ccccc1)C(=O)NCCCOc1ccc(C(C)(C)C)cc1Br. The Morgan fingerprint density at radius 3 is 2.41 bits per heavy atom. The highest BCUT2D eigenvalue weighted by molar-refractivity contribution is 9.10. The first-order valence-electron chi connectivity index (χ1n) is 10.2. The van der Waals surface area contributed by atoms with Gasteiger partial charge in [0.15, 0.2) is 0 Å². The maximum absolute atomic E-state index is 12.6. The van der Waals surface area contributed by atoms with Crippen LogP contribution in [-0.4, -0.2) is 30.1 Å². The number of benzene rings is 2. The number of nitrogens with one attached hydrogen (secondary N) is 1. The van der Waals surface area contributed by atoms with Crippen LogP contribution >= 0.6 is 15.9 Å². The molecule has 0 saturated carbocycles. The fourth-order valence-corrected chi connectivity index (χ4v) is 3.40. The molecule has 158 valence electrons. The van der Waals surface area contributed by atoms with Gasteiger partial charge in [-0.25, -0.2) is 4.79 Å². The molecule has 2 aromatic rings. The number of rotatable bonds is 8. The summed E-state index contributed by atoms with van der Waals surface area (Å²) in [6, 6.07) is 16.4. The first kappa shape index (κ1) is 23.3. The van der Waals surface area contributed by atoms with E-state index in [1.54, 1.807) is 0 Å². The molecular weight excluding hydrogens is 428 g/mol. The van der Waals surface area contributed by atoms with E-state index in [0.717, 1.165) is 22.2 Å². The van der Waals surface area contributed by atoms with E-state index in [-0.39, 0.29) is 17.5 Å². The van der Waals surface area contributed by atoms with Crippen LogP contribution < -0.4 is 10.1 Å². The lowest BCUT2D eigenvalue weighted by atomic mass is 9.87. The molecule has 2 amide bonds. The predicted octanol–water partition coefficient (Wildman–Crippen LogP) is 6.14. The van der Waals surface area contributed by atoms with Crippen molar-refractivity contribution in [3.05, 3.63) is 64.1 Å². The summed E-state index contributed by atoms with van der Waals surface area (Å²) in [4.78, 5) is 14.4. The number of hydrogen-bond donors (Lipinski definition) is 1. The lowest BCUT2D eigenvalue weighted by molar-refractivity contribution is 0.179. The minimum absolute atomic E-state index is 0.0421. The number of urea groups is 1. The second kappa shape index (κ2) is 10.7. The first-order valence-corrected chi connectivity index (χ1v) is 11.0. The maximum Gasteiger partial charge on any atom is 0.317 e. The quantitative estimate of drug-likeness (QED) is 0.480. The predicted molar refractivity (Wildman–Crippen MR) is 123 cm³/mol. The molecule has 0 aromatic heterocycles. The number of carbonyl (C=O) groups is 1. The second-order valence-corrected chi connectivity index (χ2v) is 9.39. The van der Waals surface area contributed by atoms with Gasteiger partial charge in [0, 0.05) is 19.1 Å². The van der Waals surface area contributed by atoms with Crippen LogP contribution in [0.2, 0.25) is 0 Å². The van der Waals surface area contributed by atoms with E-state index in [2.05, 4.69) is 54.2 Å². The molecule has 5 heteroatoms. The van der Waals surface area contributed by atoms with Gasteiger partial charge in [-0.05, 0) is 64.9 Å². The first-order chi connectivity index (χ1) is 13.7. The third-order valence-corrected chi connectivity index (χ3v) is 5.35. The van der Waals surface area contributed by atoms with Gasteiger partial charge in [0.2, 0.25) is 0 Å². The van der Waals surface area contributed by atoms with E-state index in [1.165, 1.54) is 5.56 Å². The van der Waals surface area contributed by atoms with Gasteiger partial charge < -0.3 is 15.0 Å². The van der Waals surface area contributed by atoms with Crippen LogP contribution in [0, 0.1) is 0 Å². The number of carbonyl (C=O) groups excluding carboxylic acids is 1. The molecule has 0 saturated heterocycles. The Bertz CT molecular complexity index is 785. The van der Waals surface area contributed by atoms with Crippen molar-refractivity contribution in [2.45, 2.75) is 59.0 Å². The van der Waals surface area contributed by atoms with Crippen LogP contribution in [0.5, 0.6) is 5.75 Å². The Morgan fingerprint density at radius 1 is 1.14 bits per heavy atom. The zero-order chi connectivity index (χ0) is 21.4. The zero-order valence-electron chi connectivity index (χ0n) is 18.2. The normalized spacial score (nSPS) is 11.4. The molecular formula is C24H33BrN2O2. The highest BCUT2D eigenvalue weighted by Crippen LogP contribution is 2.31. The van der Waals surface area contributed by atoms with E-state index in [1.807, 2.05) is 55.1 Å². The third kappa shape index (κ3) is 7.39. The molecule has 0 atom stereocenters. The van der Waals surface area contributed by atoms with Crippen molar-refractivity contribution < 1.29 is 9.53 Å². The highest BCUT2D eigenvalue weighted by atomic mass is 79.9. The van der Waals surface area contributed by atoms with E-state index in [9.17, 15) is 4.79 Å². The van der Waals surface area contributed by atoms with Gasteiger partial charge in [-0.2, -0.15) is 0 Å². The molecule has 0 radical (unpaired) electrons. The van der Waals surface area contributed by atoms with Crippen molar-refractivity contribution >= 4 is 22.0 Å². The van der Waals surface area contributed by atoms with Crippen LogP contribution in [0.3, 0.4) is 0 Å². The molecule has 2 aromatic carbocycles. The van der Waals surface area contributed by atoms with Gasteiger partial charge in [0.1, 0.15) is 5.75 Å². The molecule has 0 aliphatic rings.